The number of hydrogen-bond donors (Lipinski definition) is 13. The van der Waals surface area contributed by atoms with Crippen LogP contribution in [0, 0.1) is 11.8 Å². The van der Waals surface area contributed by atoms with E-state index in [0.29, 0.717) is 17.5 Å². The Morgan fingerprint density at radius 1 is 0.804 bits per heavy atom. The second-order valence-corrected chi connectivity index (χ2v) is 13.0. The molecule has 2 aliphatic carbocycles. The summed E-state index contributed by atoms with van der Waals surface area (Å²) >= 11 is 0. The Labute approximate surface area is 266 Å². The number of aliphatic hydroxyl groups excluding tert-OH is 6. The van der Waals surface area contributed by atoms with E-state index in [0.717, 1.165) is 12.8 Å². The van der Waals surface area contributed by atoms with Crippen molar-refractivity contribution in [3.8, 4) is 0 Å². The van der Waals surface area contributed by atoms with Gasteiger partial charge in [-0.2, -0.15) is 0 Å². The van der Waals surface area contributed by atoms with Crippen molar-refractivity contribution in [2.45, 2.75) is 117 Å². The van der Waals surface area contributed by atoms with Gasteiger partial charge >= 0.3 is 0 Å². The van der Waals surface area contributed by atoms with Crippen molar-refractivity contribution in [3.63, 3.8) is 0 Å². The molecule has 2 heterocycles. The van der Waals surface area contributed by atoms with Crippen molar-refractivity contribution in [1.29, 1.82) is 0 Å². The Balaban J connectivity index is 1.49. The van der Waals surface area contributed by atoms with Gasteiger partial charge in [0.15, 0.2) is 12.6 Å². The SMILES string of the molecule is NCCN(O)C(=O)C[C@@H]1C[C@H](N)C(O[C@H]2O[C@H](CNCC3CC(N)C3)[C@@H](O)[C@H](O)[C@H]2N)[C@H](O)[C@H]1O[C@H]1O[C@H](CO)[C@@H](O)[C@H](N)[C@H]1O. The lowest BCUT2D eigenvalue weighted by Crippen LogP contribution is -2.68. The van der Waals surface area contributed by atoms with Crippen molar-refractivity contribution < 1.29 is 59.6 Å². The van der Waals surface area contributed by atoms with Crippen LogP contribution in [0.4, 0.5) is 0 Å². The van der Waals surface area contributed by atoms with E-state index < -0.39 is 104 Å². The molecule has 0 bridgehead atoms. The molecule has 0 aromatic carbocycles. The lowest BCUT2D eigenvalue weighted by Gasteiger charge is -2.49. The molecule has 2 saturated heterocycles. The minimum Gasteiger partial charge on any atom is -0.394 e. The maximum atomic E-state index is 12.8. The molecule has 0 radical (unpaired) electrons. The molecule has 4 rings (SSSR count). The summed E-state index contributed by atoms with van der Waals surface area (Å²) in [5.41, 5.74) is 29.8. The van der Waals surface area contributed by atoms with Gasteiger partial charge in [-0.3, -0.25) is 10.0 Å². The normalized spacial score (nSPS) is 46.5. The molecule has 268 valence electrons. The van der Waals surface area contributed by atoms with Crippen LogP contribution in [-0.4, -0.2) is 171 Å². The molecule has 19 nitrogen and oxygen atoms in total. The first-order valence-corrected chi connectivity index (χ1v) is 15.8. The molecule has 15 atom stereocenters. The third kappa shape index (κ3) is 8.50. The Kier molecular flexibility index (Phi) is 13.5. The van der Waals surface area contributed by atoms with Gasteiger partial charge in [0.05, 0.1) is 31.3 Å². The van der Waals surface area contributed by atoms with Crippen LogP contribution < -0.4 is 34.0 Å². The molecular formula is C27H53N7O12. The average Bonchev–Trinajstić information content (AvgIpc) is 3.00. The van der Waals surface area contributed by atoms with Crippen LogP contribution >= 0.6 is 0 Å². The minimum atomic E-state index is -1.62. The first-order chi connectivity index (χ1) is 21.8. The third-order valence-electron chi connectivity index (χ3n) is 9.52. The zero-order chi connectivity index (χ0) is 33.9. The Morgan fingerprint density at radius 3 is 2.09 bits per heavy atom. The quantitative estimate of drug-likeness (QED) is 0.0640. The van der Waals surface area contributed by atoms with E-state index in [9.17, 15) is 40.6 Å². The monoisotopic (exact) mass is 667 g/mol. The topological polar surface area (TPSA) is 341 Å². The van der Waals surface area contributed by atoms with E-state index in [1.807, 2.05) is 0 Å². The van der Waals surface area contributed by atoms with Crippen LogP contribution in [0.2, 0.25) is 0 Å². The first kappa shape index (κ1) is 37.6. The molecule has 1 amide bonds. The summed E-state index contributed by atoms with van der Waals surface area (Å²) in [5, 5.41) is 77.3. The number of nitrogens with one attached hydrogen (secondary N) is 1. The fourth-order valence-corrected chi connectivity index (χ4v) is 6.65. The summed E-state index contributed by atoms with van der Waals surface area (Å²) in [7, 11) is 0. The van der Waals surface area contributed by atoms with Crippen molar-refractivity contribution >= 4 is 5.91 Å². The molecule has 4 aliphatic rings. The van der Waals surface area contributed by atoms with Crippen LogP contribution in [0.3, 0.4) is 0 Å². The molecule has 2 aliphatic heterocycles. The van der Waals surface area contributed by atoms with Crippen molar-refractivity contribution in [2.75, 3.05) is 32.8 Å². The van der Waals surface area contributed by atoms with Gasteiger partial charge in [0.1, 0.15) is 48.8 Å². The number of carbonyl (C=O) groups is 1. The van der Waals surface area contributed by atoms with Gasteiger partial charge < -0.3 is 83.6 Å². The van der Waals surface area contributed by atoms with Gasteiger partial charge in [-0.25, -0.2) is 5.06 Å². The highest BCUT2D eigenvalue weighted by Crippen LogP contribution is 2.36. The summed E-state index contributed by atoms with van der Waals surface area (Å²) in [6, 6.07) is -3.28. The minimum absolute atomic E-state index is 0.00281. The van der Waals surface area contributed by atoms with Gasteiger partial charge in [0.25, 0.3) is 0 Å². The van der Waals surface area contributed by atoms with Gasteiger partial charge in [0, 0.05) is 31.6 Å². The fourth-order valence-electron chi connectivity index (χ4n) is 6.65. The standard InChI is InChI=1S/C27H53N7O12/c28-1-2-34(42)16(36)6-11-5-13(30)25(23(41)24(11)45-27-22(40)17(31)19(37)15(9-35)44-27)46-26-18(32)21(39)20(38)14(43-26)8-33-7-10-3-12(29)4-10/h10-15,17-27,33,35,37-42H,1-9,28-32H2/t10?,11-,12?,13-,14+,15+,17-,18+,19+,20+,21+,22+,23+,24-,25?,26+,27+/m0/s1. The van der Waals surface area contributed by atoms with E-state index in [1.165, 1.54) is 0 Å². The van der Waals surface area contributed by atoms with Gasteiger partial charge in [-0.15, -0.1) is 0 Å². The third-order valence-corrected chi connectivity index (χ3v) is 9.52. The molecule has 0 spiro atoms. The van der Waals surface area contributed by atoms with Crippen LogP contribution in [0.1, 0.15) is 25.7 Å². The maximum Gasteiger partial charge on any atom is 0.246 e. The second-order valence-electron chi connectivity index (χ2n) is 13.0. The molecule has 4 fully saturated rings. The number of ether oxygens (including phenoxy) is 4. The average molecular weight is 668 g/mol. The van der Waals surface area contributed by atoms with Crippen molar-refractivity contribution in [1.82, 2.24) is 10.4 Å². The van der Waals surface area contributed by atoms with Crippen LogP contribution in [0.15, 0.2) is 0 Å². The van der Waals surface area contributed by atoms with Crippen LogP contribution in [0.25, 0.3) is 0 Å². The molecule has 0 aromatic rings. The largest absolute Gasteiger partial charge is 0.394 e. The molecule has 19 heteroatoms. The number of hydrogen-bond acceptors (Lipinski definition) is 18. The zero-order valence-corrected chi connectivity index (χ0v) is 25.7. The van der Waals surface area contributed by atoms with Crippen LogP contribution in [0.5, 0.6) is 0 Å². The van der Waals surface area contributed by atoms with Crippen molar-refractivity contribution in [2.24, 2.45) is 40.5 Å². The van der Waals surface area contributed by atoms with E-state index in [1.54, 1.807) is 0 Å². The van der Waals surface area contributed by atoms with Gasteiger partial charge in [-0.05, 0) is 37.6 Å². The fraction of sp³-hybridized carbons (Fsp3) is 0.963. The highest BCUT2D eigenvalue weighted by atomic mass is 16.7. The molecule has 2 saturated carbocycles. The highest BCUT2D eigenvalue weighted by molar-refractivity contribution is 5.75. The lowest BCUT2D eigenvalue weighted by molar-refractivity contribution is -0.323. The smallest absolute Gasteiger partial charge is 0.246 e. The summed E-state index contributed by atoms with van der Waals surface area (Å²) in [6.45, 7) is -0.00362. The summed E-state index contributed by atoms with van der Waals surface area (Å²) in [6.07, 6.45) is -13.6. The lowest BCUT2D eigenvalue weighted by atomic mass is 9.77. The number of aliphatic hydroxyl groups is 6. The molecular weight excluding hydrogens is 614 g/mol. The van der Waals surface area contributed by atoms with E-state index in [-0.39, 0.29) is 38.5 Å². The van der Waals surface area contributed by atoms with Gasteiger partial charge in [0.2, 0.25) is 5.91 Å². The van der Waals surface area contributed by atoms with Crippen LogP contribution in [-0.2, 0) is 23.7 Å². The molecule has 46 heavy (non-hydrogen) atoms. The predicted molar refractivity (Wildman–Crippen MR) is 157 cm³/mol. The number of amides is 1. The zero-order valence-electron chi connectivity index (χ0n) is 25.7. The van der Waals surface area contributed by atoms with E-state index in [2.05, 4.69) is 5.32 Å². The predicted octanol–water partition coefficient (Wildman–Crippen LogP) is -7.10. The molecule has 1 unspecified atom stereocenters. The number of hydroxylamine groups is 2. The maximum absolute atomic E-state index is 12.8. The summed E-state index contributed by atoms with van der Waals surface area (Å²) in [5.74, 6) is -1.20. The highest BCUT2D eigenvalue weighted by Gasteiger charge is 2.52. The summed E-state index contributed by atoms with van der Waals surface area (Å²) in [4.78, 5) is 12.8. The molecule has 18 N–H and O–H groups in total. The number of rotatable bonds is 13. The van der Waals surface area contributed by atoms with E-state index in [4.69, 9.17) is 47.6 Å². The van der Waals surface area contributed by atoms with Gasteiger partial charge in [-0.1, -0.05) is 0 Å². The Morgan fingerprint density at radius 2 is 1.46 bits per heavy atom. The van der Waals surface area contributed by atoms with E-state index >= 15 is 0 Å². The second kappa shape index (κ2) is 16.5. The summed E-state index contributed by atoms with van der Waals surface area (Å²) < 4.78 is 23.6. The Hall–Kier alpha value is -1.21. The first-order valence-electron chi connectivity index (χ1n) is 15.8. The molecule has 0 aromatic heterocycles. The number of nitrogens with zero attached hydrogens (tertiary/aromatic N) is 1. The van der Waals surface area contributed by atoms with Crippen molar-refractivity contribution in [3.05, 3.63) is 0 Å². The Bertz CT molecular complexity index is 970. The number of carbonyl (C=O) groups excluding carboxylic acids is 1. The number of nitrogens with two attached hydrogens (primary N) is 5.